The number of rotatable bonds is 6. The van der Waals surface area contributed by atoms with Gasteiger partial charge in [-0.15, -0.1) is 0 Å². The fourth-order valence-electron chi connectivity index (χ4n) is 4.95. The number of pyridine rings is 2. The van der Waals surface area contributed by atoms with Gasteiger partial charge in [-0.3, -0.25) is 14.3 Å². The van der Waals surface area contributed by atoms with Gasteiger partial charge in [0.15, 0.2) is 5.82 Å². The molecule has 1 aliphatic carbocycles. The van der Waals surface area contributed by atoms with Gasteiger partial charge < -0.3 is 0 Å². The van der Waals surface area contributed by atoms with Crippen LogP contribution in [0.1, 0.15) is 47.2 Å². The van der Waals surface area contributed by atoms with Gasteiger partial charge in [-0.25, -0.2) is 22.0 Å². The first-order chi connectivity index (χ1) is 18.9. The lowest BCUT2D eigenvalue weighted by atomic mass is 10.0. The number of aryl methyl sites for hydroxylation is 2. The molecule has 1 aliphatic rings. The van der Waals surface area contributed by atoms with E-state index in [1.165, 1.54) is 50.1 Å². The highest BCUT2D eigenvalue weighted by Gasteiger charge is 2.42. The van der Waals surface area contributed by atoms with Crippen LogP contribution in [-0.4, -0.2) is 36.8 Å². The number of halogens is 5. The first kappa shape index (κ1) is 28.0. The van der Waals surface area contributed by atoms with Crippen LogP contribution >= 0.6 is 11.6 Å². The zero-order chi connectivity index (χ0) is 29.1. The molecule has 1 saturated carbocycles. The molecule has 0 radical (unpaired) electrons. The molecule has 0 amide bonds. The summed E-state index contributed by atoms with van der Waals surface area (Å²) in [5.41, 5.74) is 0.395. The molecular weight excluding hydrogens is 570 g/mol. The molecule has 3 aromatic heterocycles. The molecule has 1 unspecified atom stereocenters. The fourth-order valence-corrected chi connectivity index (χ4v) is 6.20. The Hall–Kier alpha value is -3.51. The van der Waals surface area contributed by atoms with Crippen molar-refractivity contribution in [3.05, 3.63) is 92.3 Å². The second-order valence-corrected chi connectivity index (χ2v) is 12.5. The molecular formula is C27H24ClF4N5O2S. The molecule has 1 aromatic carbocycles. The molecule has 0 spiro atoms. The van der Waals surface area contributed by atoms with Crippen molar-refractivity contribution in [3.8, 4) is 16.9 Å². The van der Waals surface area contributed by atoms with E-state index in [-0.39, 0.29) is 38.7 Å². The normalized spacial score (nSPS) is 18.1. The van der Waals surface area contributed by atoms with Crippen LogP contribution in [0.5, 0.6) is 0 Å². The van der Waals surface area contributed by atoms with E-state index in [1.54, 1.807) is 19.9 Å². The number of hydrogen-bond donors (Lipinski definition) is 0. The van der Waals surface area contributed by atoms with Crippen molar-refractivity contribution in [2.75, 3.05) is 13.3 Å². The van der Waals surface area contributed by atoms with Crippen LogP contribution in [0, 0.1) is 25.5 Å². The van der Waals surface area contributed by atoms with E-state index < -0.39 is 33.5 Å². The Bertz CT molecular complexity index is 1850. The van der Waals surface area contributed by atoms with Crippen LogP contribution in [0.3, 0.4) is 0 Å². The van der Waals surface area contributed by atoms with Crippen molar-refractivity contribution in [2.24, 2.45) is 4.36 Å². The maximum Gasteiger partial charge on any atom is 0.333 e. The van der Waals surface area contributed by atoms with Crippen molar-refractivity contribution in [1.29, 1.82) is 0 Å². The zero-order valence-corrected chi connectivity index (χ0v) is 23.4. The number of nitrogens with zero attached hydrogens (tertiary/aromatic N) is 5. The van der Waals surface area contributed by atoms with Gasteiger partial charge in [0.05, 0.1) is 26.5 Å². The first-order valence-corrected chi connectivity index (χ1v) is 14.5. The topological polar surface area (TPSA) is 82.1 Å². The Morgan fingerprint density at radius 1 is 1.15 bits per heavy atom. The van der Waals surface area contributed by atoms with Crippen LogP contribution < -0.4 is 5.56 Å². The van der Waals surface area contributed by atoms with Crippen LogP contribution in [0.15, 0.2) is 56.9 Å². The molecule has 0 bridgehead atoms. The third-order valence-corrected chi connectivity index (χ3v) is 9.38. The summed E-state index contributed by atoms with van der Waals surface area (Å²) in [7, 11) is -1.76. The van der Waals surface area contributed by atoms with E-state index in [9.17, 15) is 17.8 Å². The predicted molar refractivity (Wildman–Crippen MR) is 144 cm³/mol. The molecule has 40 heavy (non-hydrogen) atoms. The summed E-state index contributed by atoms with van der Waals surface area (Å²) >= 11 is 6.52. The Morgan fingerprint density at radius 2 is 1.88 bits per heavy atom. The summed E-state index contributed by atoms with van der Waals surface area (Å²) < 4.78 is 75.6. The standard InChI is InChI=1S/C27H24ClF4N5O2S/c1-13-10-34-24(16-6-5-7-20(22(16)29)40(4,39)33-3)23(30)25(13)37-14(2)8-19(21(28)26(37)38)18-9-17(18)15-11-35-36(12-15)27(31)32/h5-8,10-12,17-18,27H,9H2,1-4H3/t17-,18+,40?/m1/s1. The Kier molecular flexibility index (Phi) is 7.11. The van der Waals surface area contributed by atoms with Gasteiger partial charge in [0.1, 0.15) is 16.5 Å². The van der Waals surface area contributed by atoms with Crippen molar-refractivity contribution in [3.63, 3.8) is 0 Å². The van der Waals surface area contributed by atoms with Crippen molar-refractivity contribution in [2.45, 2.75) is 43.5 Å². The van der Waals surface area contributed by atoms with E-state index in [4.69, 9.17) is 11.6 Å². The average Bonchev–Trinajstić information content (AvgIpc) is 3.54. The van der Waals surface area contributed by atoms with E-state index in [0.717, 1.165) is 4.57 Å². The fraction of sp³-hybridized carbons (Fsp3) is 0.296. The highest BCUT2D eigenvalue weighted by atomic mass is 35.5. The smallest absolute Gasteiger partial charge is 0.277 e. The molecule has 7 nitrogen and oxygen atoms in total. The Balaban J connectivity index is 1.59. The SMILES string of the molecule is CN=S(C)(=O)c1cccc(-c2ncc(C)c(-n3c(C)cc([C@H]4C[C@@H]4c4cnn(C(F)F)c4)c(Cl)c3=O)c2F)c1F. The van der Waals surface area contributed by atoms with Crippen LogP contribution in [0.25, 0.3) is 16.9 Å². The second kappa shape index (κ2) is 10.2. The summed E-state index contributed by atoms with van der Waals surface area (Å²) in [6, 6.07) is 5.73. The molecule has 5 rings (SSSR count). The van der Waals surface area contributed by atoms with E-state index in [1.807, 2.05) is 0 Å². The minimum absolute atomic E-state index is 0.125. The minimum atomic E-state index is -3.06. The van der Waals surface area contributed by atoms with Gasteiger partial charge in [0.25, 0.3) is 5.56 Å². The lowest BCUT2D eigenvalue weighted by Crippen LogP contribution is -2.24. The number of hydrogen-bond acceptors (Lipinski definition) is 5. The number of alkyl halides is 2. The maximum absolute atomic E-state index is 16.1. The molecule has 3 atom stereocenters. The molecule has 3 heterocycles. The van der Waals surface area contributed by atoms with Crippen LogP contribution in [0.2, 0.25) is 5.02 Å². The largest absolute Gasteiger partial charge is 0.333 e. The summed E-state index contributed by atoms with van der Waals surface area (Å²) in [6.45, 7) is 0.415. The van der Waals surface area contributed by atoms with E-state index in [0.29, 0.717) is 33.5 Å². The third kappa shape index (κ3) is 4.62. The predicted octanol–water partition coefficient (Wildman–Crippen LogP) is 6.40. The lowest BCUT2D eigenvalue weighted by Gasteiger charge is -2.18. The molecule has 1 fully saturated rings. The van der Waals surface area contributed by atoms with Gasteiger partial charge in [-0.2, -0.15) is 13.9 Å². The monoisotopic (exact) mass is 593 g/mol. The summed E-state index contributed by atoms with van der Waals surface area (Å²) in [5, 5.41) is 3.55. The summed E-state index contributed by atoms with van der Waals surface area (Å²) in [6.07, 6.45) is 5.83. The molecule has 0 saturated heterocycles. The van der Waals surface area contributed by atoms with Gasteiger partial charge in [0.2, 0.25) is 0 Å². The van der Waals surface area contributed by atoms with Gasteiger partial charge in [-0.05, 0) is 67.0 Å². The highest BCUT2D eigenvalue weighted by molar-refractivity contribution is 7.93. The van der Waals surface area contributed by atoms with Crippen LogP contribution in [0.4, 0.5) is 17.6 Å². The van der Waals surface area contributed by atoms with E-state index in [2.05, 4.69) is 14.4 Å². The molecule has 13 heteroatoms. The summed E-state index contributed by atoms with van der Waals surface area (Å²) in [5.74, 6) is -2.20. The maximum atomic E-state index is 16.1. The van der Waals surface area contributed by atoms with Gasteiger partial charge in [-0.1, -0.05) is 17.7 Å². The third-order valence-electron chi connectivity index (χ3n) is 7.18. The average molecular weight is 594 g/mol. The van der Waals surface area contributed by atoms with Crippen LogP contribution in [-0.2, 0) is 9.73 Å². The number of aromatic nitrogens is 4. The van der Waals surface area contributed by atoms with Crippen molar-refractivity contribution >= 4 is 21.3 Å². The Labute approximate surface area is 232 Å². The van der Waals surface area contributed by atoms with Crippen molar-refractivity contribution < 1.29 is 21.8 Å². The van der Waals surface area contributed by atoms with E-state index >= 15 is 8.78 Å². The van der Waals surface area contributed by atoms with Crippen molar-refractivity contribution in [1.82, 2.24) is 19.3 Å². The molecule has 0 aliphatic heterocycles. The highest BCUT2D eigenvalue weighted by Crippen LogP contribution is 2.56. The molecule has 210 valence electrons. The summed E-state index contributed by atoms with van der Waals surface area (Å²) in [4.78, 5) is 17.4. The lowest BCUT2D eigenvalue weighted by molar-refractivity contribution is 0.0565. The first-order valence-electron chi connectivity index (χ1n) is 12.2. The Morgan fingerprint density at radius 3 is 2.52 bits per heavy atom. The molecule has 4 aromatic rings. The minimum Gasteiger partial charge on any atom is -0.277 e. The van der Waals surface area contributed by atoms with Gasteiger partial charge >= 0.3 is 6.55 Å². The number of benzene rings is 1. The molecule has 0 N–H and O–H groups in total. The second-order valence-electron chi connectivity index (χ2n) is 9.73. The zero-order valence-electron chi connectivity index (χ0n) is 21.8. The quantitative estimate of drug-likeness (QED) is 0.242. The van der Waals surface area contributed by atoms with Gasteiger partial charge in [0, 0.05) is 37.0 Å².